The van der Waals surface area contributed by atoms with Gasteiger partial charge in [-0.2, -0.15) is 0 Å². The van der Waals surface area contributed by atoms with Crippen molar-refractivity contribution in [3.63, 3.8) is 0 Å². The fourth-order valence-corrected chi connectivity index (χ4v) is 2.14. The van der Waals surface area contributed by atoms with Crippen molar-refractivity contribution < 1.29 is 9.59 Å². The van der Waals surface area contributed by atoms with E-state index in [0.717, 1.165) is 12.1 Å². The van der Waals surface area contributed by atoms with E-state index in [4.69, 9.17) is 0 Å². The molecule has 20 heavy (non-hydrogen) atoms. The van der Waals surface area contributed by atoms with Crippen LogP contribution in [0.4, 0.5) is 0 Å². The Morgan fingerprint density at radius 2 is 2.20 bits per heavy atom. The molecule has 0 radical (unpaired) electrons. The maximum absolute atomic E-state index is 11.8. The molecular weight excluding hydrogens is 254 g/mol. The van der Waals surface area contributed by atoms with E-state index in [2.05, 4.69) is 22.5 Å². The molecule has 3 atom stereocenters. The van der Waals surface area contributed by atoms with E-state index < -0.39 is 0 Å². The van der Waals surface area contributed by atoms with Crippen LogP contribution in [-0.2, 0) is 9.59 Å². The second kappa shape index (κ2) is 6.50. The molecule has 0 aromatic carbocycles. The van der Waals surface area contributed by atoms with Gasteiger partial charge in [-0.05, 0) is 31.4 Å². The molecule has 5 heteroatoms. The van der Waals surface area contributed by atoms with Crippen LogP contribution in [0.25, 0.3) is 0 Å². The van der Waals surface area contributed by atoms with Crippen molar-refractivity contribution in [3.05, 3.63) is 30.1 Å². The van der Waals surface area contributed by atoms with Crippen LogP contribution in [-0.4, -0.2) is 23.3 Å². The number of carbonyl (C=O) groups excluding carboxylic acids is 2. The van der Waals surface area contributed by atoms with Gasteiger partial charge in [0.1, 0.15) is 0 Å². The molecule has 1 heterocycles. The number of aromatic nitrogens is 1. The minimum absolute atomic E-state index is 0.0723. The van der Waals surface area contributed by atoms with Gasteiger partial charge >= 0.3 is 0 Å². The van der Waals surface area contributed by atoms with E-state index in [1.165, 1.54) is 0 Å². The van der Waals surface area contributed by atoms with Gasteiger partial charge in [0.15, 0.2) is 0 Å². The van der Waals surface area contributed by atoms with Gasteiger partial charge in [0, 0.05) is 25.1 Å². The summed E-state index contributed by atoms with van der Waals surface area (Å²) < 4.78 is 0. The van der Waals surface area contributed by atoms with Gasteiger partial charge in [-0.1, -0.05) is 13.0 Å². The Hall–Kier alpha value is -1.91. The maximum Gasteiger partial charge on any atom is 0.223 e. The summed E-state index contributed by atoms with van der Waals surface area (Å²) in [6.07, 6.45) is 2.97. The molecule has 0 aliphatic heterocycles. The SMILES string of the molecule is C[C@H](NC(=O)CCNC(=O)[C@H]1C[C@@H]1C)c1ccccn1. The third-order valence-electron chi connectivity index (χ3n) is 3.61. The molecule has 2 rings (SSSR count). The lowest BCUT2D eigenvalue weighted by atomic mass is 10.2. The Labute approximate surface area is 119 Å². The first-order chi connectivity index (χ1) is 9.58. The standard InChI is InChI=1S/C15H21N3O2/c1-10-9-12(10)15(20)17-8-6-14(19)18-11(2)13-5-3-4-7-16-13/h3-5,7,10-12H,6,8-9H2,1-2H3,(H,17,20)(H,18,19)/t10-,11-,12-/m0/s1. The number of amides is 2. The van der Waals surface area contributed by atoms with Gasteiger partial charge in [0.25, 0.3) is 0 Å². The number of hydrogen-bond donors (Lipinski definition) is 2. The highest BCUT2D eigenvalue weighted by Gasteiger charge is 2.38. The lowest BCUT2D eigenvalue weighted by Gasteiger charge is -2.13. The summed E-state index contributed by atoms with van der Waals surface area (Å²) in [5.41, 5.74) is 0.830. The van der Waals surface area contributed by atoms with Crippen LogP contribution in [0.15, 0.2) is 24.4 Å². The molecule has 1 saturated carbocycles. The quantitative estimate of drug-likeness (QED) is 0.825. The first kappa shape index (κ1) is 14.5. The highest BCUT2D eigenvalue weighted by atomic mass is 16.2. The fourth-order valence-electron chi connectivity index (χ4n) is 2.14. The van der Waals surface area contributed by atoms with Crippen LogP contribution in [0.2, 0.25) is 0 Å². The van der Waals surface area contributed by atoms with E-state index in [0.29, 0.717) is 18.9 Å². The van der Waals surface area contributed by atoms with Crippen molar-refractivity contribution in [1.82, 2.24) is 15.6 Å². The number of nitrogens with zero attached hydrogens (tertiary/aromatic N) is 1. The fraction of sp³-hybridized carbons (Fsp3) is 0.533. The Morgan fingerprint density at radius 3 is 2.80 bits per heavy atom. The molecule has 2 amide bonds. The lowest BCUT2D eigenvalue weighted by Crippen LogP contribution is -2.33. The zero-order valence-corrected chi connectivity index (χ0v) is 11.9. The number of pyridine rings is 1. The number of carbonyl (C=O) groups is 2. The van der Waals surface area contributed by atoms with E-state index in [1.807, 2.05) is 25.1 Å². The Balaban J connectivity index is 1.66. The zero-order chi connectivity index (χ0) is 14.5. The van der Waals surface area contributed by atoms with E-state index in [9.17, 15) is 9.59 Å². The summed E-state index contributed by atoms with van der Waals surface area (Å²) in [5.74, 6) is 0.647. The molecule has 0 unspecified atom stereocenters. The van der Waals surface area contributed by atoms with Gasteiger partial charge in [0.05, 0.1) is 11.7 Å². The normalized spacial score (nSPS) is 21.9. The van der Waals surface area contributed by atoms with Crippen LogP contribution in [0, 0.1) is 11.8 Å². The summed E-state index contributed by atoms with van der Waals surface area (Å²) >= 11 is 0. The smallest absolute Gasteiger partial charge is 0.223 e. The van der Waals surface area contributed by atoms with Crippen molar-refractivity contribution in [2.75, 3.05) is 6.54 Å². The number of nitrogens with one attached hydrogen (secondary N) is 2. The molecule has 1 aromatic rings. The van der Waals surface area contributed by atoms with Gasteiger partial charge in [-0.25, -0.2) is 0 Å². The molecule has 0 bridgehead atoms. The van der Waals surface area contributed by atoms with Crippen LogP contribution < -0.4 is 10.6 Å². The van der Waals surface area contributed by atoms with Crippen molar-refractivity contribution >= 4 is 11.8 Å². The summed E-state index contributed by atoms with van der Waals surface area (Å²) in [5, 5.41) is 5.67. The van der Waals surface area contributed by atoms with Gasteiger partial charge in [0.2, 0.25) is 11.8 Å². The van der Waals surface area contributed by atoms with Crippen molar-refractivity contribution in [2.45, 2.75) is 32.7 Å². The van der Waals surface area contributed by atoms with Gasteiger partial charge in [-0.3, -0.25) is 14.6 Å². The average molecular weight is 275 g/mol. The van der Waals surface area contributed by atoms with E-state index in [1.54, 1.807) is 6.20 Å². The monoisotopic (exact) mass is 275 g/mol. The van der Waals surface area contributed by atoms with Gasteiger partial charge in [-0.15, -0.1) is 0 Å². The second-order valence-corrected chi connectivity index (χ2v) is 5.40. The first-order valence-electron chi connectivity index (χ1n) is 7.06. The molecule has 108 valence electrons. The molecule has 2 N–H and O–H groups in total. The predicted molar refractivity (Wildman–Crippen MR) is 75.7 cm³/mol. The minimum atomic E-state index is -0.122. The van der Waals surface area contributed by atoms with Crippen LogP contribution in [0.3, 0.4) is 0 Å². The Kier molecular flexibility index (Phi) is 4.71. The molecule has 1 fully saturated rings. The zero-order valence-electron chi connectivity index (χ0n) is 11.9. The van der Waals surface area contributed by atoms with Crippen LogP contribution >= 0.6 is 0 Å². The van der Waals surface area contributed by atoms with Crippen molar-refractivity contribution in [1.29, 1.82) is 0 Å². The highest BCUT2D eigenvalue weighted by Crippen LogP contribution is 2.37. The van der Waals surface area contributed by atoms with E-state index in [-0.39, 0.29) is 23.8 Å². The summed E-state index contributed by atoms with van der Waals surface area (Å²) in [7, 11) is 0. The Bertz CT molecular complexity index is 475. The van der Waals surface area contributed by atoms with Crippen molar-refractivity contribution in [3.8, 4) is 0 Å². The predicted octanol–water partition coefficient (Wildman–Crippen LogP) is 1.42. The van der Waals surface area contributed by atoms with E-state index >= 15 is 0 Å². The highest BCUT2D eigenvalue weighted by molar-refractivity contribution is 5.82. The average Bonchev–Trinajstić information content (AvgIpc) is 3.17. The van der Waals surface area contributed by atoms with Crippen LogP contribution in [0.1, 0.15) is 38.4 Å². The summed E-state index contributed by atoms with van der Waals surface area (Å²) in [6.45, 7) is 4.35. The number of hydrogen-bond acceptors (Lipinski definition) is 3. The first-order valence-corrected chi connectivity index (χ1v) is 7.06. The summed E-state index contributed by atoms with van der Waals surface area (Å²) in [6, 6.07) is 5.48. The minimum Gasteiger partial charge on any atom is -0.355 e. The van der Waals surface area contributed by atoms with Gasteiger partial charge < -0.3 is 10.6 Å². The molecule has 0 spiro atoms. The van der Waals surface area contributed by atoms with Crippen molar-refractivity contribution in [2.24, 2.45) is 11.8 Å². The third-order valence-corrected chi connectivity index (χ3v) is 3.61. The molecular formula is C15H21N3O2. The molecule has 1 aliphatic carbocycles. The molecule has 0 saturated heterocycles. The second-order valence-electron chi connectivity index (χ2n) is 5.40. The summed E-state index contributed by atoms with van der Waals surface area (Å²) in [4.78, 5) is 27.6. The molecule has 5 nitrogen and oxygen atoms in total. The maximum atomic E-state index is 11.8. The molecule has 1 aliphatic rings. The molecule has 1 aromatic heterocycles. The lowest BCUT2D eigenvalue weighted by molar-refractivity contribution is -0.123. The topological polar surface area (TPSA) is 71.1 Å². The number of rotatable bonds is 6. The third kappa shape index (κ3) is 4.05. The van der Waals surface area contributed by atoms with Crippen LogP contribution in [0.5, 0.6) is 0 Å². The largest absolute Gasteiger partial charge is 0.355 e. The Morgan fingerprint density at radius 1 is 1.45 bits per heavy atom.